The lowest BCUT2D eigenvalue weighted by Gasteiger charge is -2.13. The number of hydrogen-bond donors (Lipinski definition) is 1. The number of aryl methyl sites for hydroxylation is 1. The molecule has 114 valence electrons. The van der Waals surface area contributed by atoms with E-state index >= 15 is 0 Å². The van der Waals surface area contributed by atoms with E-state index in [1.165, 1.54) is 31.3 Å². The molecule has 0 saturated heterocycles. The molecule has 1 aliphatic carbocycles. The third kappa shape index (κ3) is 4.62. The molecule has 1 amide bonds. The van der Waals surface area contributed by atoms with Crippen LogP contribution in [0.25, 0.3) is 0 Å². The van der Waals surface area contributed by atoms with Gasteiger partial charge >= 0.3 is 0 Å². The molecule has 0 heterocycles. The normalized spacial score (nSPS) is 14.5. The number of nitrogens with one attached hydrogen (secondary N) is 1. The molecule has 0 aliphatic heterocycles. The van der Waals surface area contributed by atoms with Crippen LogP contribution in [0.5, 0.6) is 5.75 Å². The molecule has 0 spiro atoms. The predicted octanol–water partition coefficient (Wildman–Crippen LogP) is 4.01. The maximum absolute atomic E-state index is 12.1. The Morgan fingerprint density at radius 3 is 2.86 bits per heavy atom. The highest BCUT2D eigenvalue weighted by molar-refractivity contribution is 5.94. The zero-order chi connectivity index (χ0) is 15.1. The molecule has 1 aliphatic rings. The van der Waals surface area contributed by atoms with Gasteiger partial charge in [0.1, 0.15) is 5.75 Å². The Morgan fingerprint density at radius 1 is 1.33 bits per heavy atom. The van der Waals surface area contributed by atoms with E-state index in [2.05, 4.69) is 11.4 Å². The summed E-state index contributed by atoms with van der Waals surface area (Å²) in [5.74, 6) is 0.846. The van der Waals surface area contributed by atoms with E-state index < -0.39 is 0 Å². The Hall–Kier alpha value is -1.77. The largest absolute Gasteiger partial charge is 0.494 e. The summed E-state index contributed by atoms with van der Waals surface area (Å²) in [6.45, 7) is 5.28. The molecule has 0 saturated carbocycles. The van der Waals surface area contributed by atoms with Gasteiger partial charge in [-0.25, -0.2) is 0 Å². The van der Waals surface area contributed by atoms with Crippen molar-refractivity contribution in [3.8, 4) is 5.75 Å². The molecular weight excluding hydrogens is 262 g/mol. The Kier molecular flexibility index (Phi) is 5.85. The van der Waals surface area contributed by atoms with Crippen molar-refractivity contribution in [3.63, 3.8) is 0 Å². The SMILES string of the molecule is CCOc1ccc(C(=O)NCCC2=CCCCC2)cc1C. The number of benzene rings is 1. The molecule has 1 aromatic carbocycles. The van der Waals surface area contributed by atoms with Crippen molar-refractivity contribution in [3.05, 3.63) is 41.0 Å². The summed E-state index contributed by atoms with van der Waals surface area (Å²) in [4.78, 5) is 12.1. The molecule has 0 unspecified atom stereocenters. The van der Waals surface area contributed by atoms with E-state index in [1.807, 2.05) is 32.0 Å². The summed E-state index contributed by atoms with van der Waals surface area (Å²) in [7, 11) is 0. The molecule has 2 rings (SSSR count). The van der Waals surface area contributed by atoms with Gasteiger partial charge in [0.25, 0.3) is 5.91 Å². The second kappa shape index (κ2) is 7.87. The quantitative estimate of drug-likeness (QED) is 0.803. The Balaban J connectivity index is 1.85. The summed E-state index contributed by atoms with van der Waals surface area (Å²) >= 11 is 0. The van der Waals surface area contributed by atoms with Crippen LogP contribution in [-0.2, 0) is 0 Å². The number of hydrogen-bond acceptors (Lipinski definition) is 2. The van der Waals surface area contributed by atoms with Crippen LogP contribution in [0.3, 0.4) is 0 Å². The van der Waals surface area contributed by atoms with Gasteiger partial charge in [0, 0.05) is 12.1 Å². The van der Waals surface area contributed by atoms with Gasteiger partial charge in [-0.2, -0.15) is 0 Å². The van der Waals surface area contributed by atoms with E-state index in [-0.39, 0.29) is 5.91 Å². The average molecular weight is 287 g/mol. The van der Waals surface area contributed by atoms with Crippen LogP contribution in [0.2, 0.25) is 0 Å². The van der Waals surface area contributed by atoms with Crippen molar-refractivity contribution in [2.24, 2.45) is 0 Å². The third-order valence-electron chi connectivity index (χ3n) is 3.85. The zero-order valence-corrected chi connectivity index (χ0v) is 13.1. The van der Waals surface area contributed by atoms with Crippen molar-refractivity contribution in [2.75, 3.05) is 13.2 Å². The van der Waals surface area contributed by atoms with Crippen LogP contribution in [0.4, 0.5) is 0 Å². The van der Waals surface area contributed by atoms with E-state index in [4.69, 9.17) is 4.74 Å². The summed E-state index contributed by atoms with van der Waals surface area (Å²) in [5.41, 5.74) is 3.19. The molecule has 0 aromatic heterocycles. The predicted molar refractivity (Wildman–Crippen MR) is 85.8 cm³/mol. The van der Waals surface area contributed by atoms with Crippen molar-refractivity contribution in [2.45, 2.75) is 46.0 Å². The maximum atomic E-state index is 12.1. The van der Waals surface area contributed by atoms with Crippen LogP contribution in [0.1, 0.15) is 54.9 Å². The minimum atomic E-state index is -0.00226. The molecule has 21 heavy (non-hydrogen) atoms. The first kappa shape index (κ1) is 15.6. The van der Waals surface area contributed by atoms with Gasteiger partial charge in [0.05, 0.1) is 6.61 Å². The lowest BCUT2D eigenvalue weighted by Crippen LogP contribution is -2.25. The standard InChI is InChI=1S/C18H25NO2/c1-3-21-17-10-9-16(13-14(17)2)18(20)19-12-11-15-7-5-4-6-8-15/h7,9-10,13H,3-6,8,11-12H2,1-2H3,(H,19,20). The van der Waals surface area contributed by atoms with Crippen LogP contribution in [0, 0.1) is 6.92 Å². The lowest BCUT2D eigenvalue weighted by atomic mass is 9.97. The topological polar surface area (TPSA) is 38.3 Å². The van der Waals surface area contributed by atoms with E-state index in [1.54, 1.807) is 0 Å². The van der Waals surface area contributed by atoms with Gasteiger partial charge in [0.15, 0.2) is 0 Å². The van der Waals surface area contributed by atoms with Gasteiger partial charge in [-0.15, -0.1) is 0 Å². The second-order valence-corrected chi connectivity index (χ2v) is 5.53. The van der Waals surface area contributed by atoms with Crippen molar-refractivity contribution in [1.29, 1.82) is 0 Å². The minimum Gasteiger partial charge on any atom is -0.494 e. The molecule has 3 heteroatoms. The summed E-state index contributed by atoms with van der Waals surface area (Å²) in [6.07, 6.45) is 8.29. The molecule has 0 bridgehead atoms. The molecule has 0 radical (unpaired) electrons. The number of amides is 1. The van der Waals surface area contributed by atoms with E-state index in [0.717, 1.165) is 24.3 Å². The maximum Gasteiger partial charge on any atom is 0.251 e. The number of allylic oxidation sites excluding steroid dienone is 1. The van der Waals surface area contributed by atoms with Crippen LogP contribution >= 0.6 is 0 Å². The molecule has 0 fully saturated rings. The highest BCUT2D eigenvalue weighted by Crippen LogP contribution is 2.20. The first-order chi connectivity index (χ1) is 10.2. The average Bonchev–Trinajstić information content (AvgIpc) is 2.50. The van der Waals surface area contributed by atoms with Crippen LogP contribution in [0.15, 0.2) is 29.8 Å². The Morgan fingerprint density at radius 2 is 2.19 bits per heavy atom. The number of carbonyl (C=O) groups is 1. The van der Waals surface area contributed by atoms with Gasteiger partial charge in [0.2, 0.25) is 0 Å². The number of ether oxygens (including phenoxy) is 1. The number of carbonyl (C=O) groups excluding carboxylic acids is 1. The lowest BCUT2D eigenvalue weighted by molar-refractivity contribution is 0.0954. The van der Waals surface area contributed by atoms with E-state index in [0.29, 0.717) is 12.2 Å². The van der Waals surface area contributed by atoms with Crippen LogP contribution in [-0.4, -0.2) is 19.1 Å². The Labute approximate surface area is 127 Å². The smallest absolute Gasteiger partial charge is 0.251 e. The molecule has 3 nitrogen and oxygen atoms in total. The first-order valence-corrected chi connectivity index (χ1v) is 7.90. The fourth-order valence-corrected chi connectivity index (χ4v) is 2.68. The van der Waals surface area contributed by atoms with Gasteiger partial charge in [-0.3, -0.25) is 4.79 Å². The third-order valence-corrected chi connectivity index (χ3v) is 3.85. The fraction of sp³-hybridized carbons (Fsp3) is 0.500. The van der Waals surface area contributed by atoms with E-state index in [9.17, 15) is 4.79 Å². The molecular formula is C18H25NO2. The van der Waals surface area contributed by atoms with Gasteiger partial charge in [-0.05, 0) is 69.7 Å². The minimum absolute atomic E-state index is 0.00226. The number of rotatable bonds is 6. The van der Waals surface area contributed by atoms with Crippen molar-refractivity contribution >= 4 is 5.91 Å². The van der Waals surface area contributed by atoms with Gasteiger partial charge < -0.3 is 10.1 Å². The molecule has 1 N–H and O–H groups in total. The fourth-order valence-electron chi connectivity index (χ4n) is 2.68. The van der Waals surface area contributed by atoms with Gasteiger partial charge in [-0.1, -0.05) is 11.6 Å². The molecule has 1 aromatic rings. The zero-order valence-electron chi connectivity index (χ0n) is 13.1. The first-order valence-electron chi connectivity index (χ1n) is 7.90. The highest BCUT2D eigenvalue weighted by Gasteiger charge is 2.09. The highest BCUT2D eigenvalue weighted by atomic mass is 16.5. The Bertz CT molecular complexity index is 520. The van der Waals surface area contributed by atoms with Crippen LogP contribution < -0.4 is 10.1 Å². The summed E-state index contributed by atoms with van der Waals surface area (Å²) in [5, 5.41) is 3.00. The summed E-state index contributed by atoms with van der Waals surface area (Å²) < 4.78 is 5.49. The second-order valence-electron chi connectivity index (χ2n) is 5.53. The van der Waals surface area contributed by atoms with Crippen molar-refractivity contribution in [1.82, 2.24) is 5.32 Å². The molecule has 0 atom stereocenters. The monoisotopic (exact) mass is 287 g/mol. The summed E-state index contributed by atoms with van der Waals surface area (Å²) in [6, 6.07) is 5.59. The van der Waals surface area contributed by atoms with Crippen molar-refractivity contribution < 1.29 is 9.53 Å².